The molecule has 3 rings (SSSR count). The van der Waals surface area contributed by atoms with E-state index in [0.29, 0.717) is 23.2 Å². The Labute approximate surface area is 164 Å². The van der Waals surface area contributed by atoms with E-state index in [1.165, 1.54) is 4.90 Å². The van der Waals surface area contributed by atoms with E-state index >= 15 is 0 Å². The zero-order chi connectivity index (χ0) is 20.7. The molecule has 8 nitrogen and oxygen atoms in total. The van der Waals surface area contributed by atoms with Gasteiger partial charge in [-0.05, 0) is 32.9 Å². The van der Waals surface area contributed by atoms with Crippen molar-refractivity contribution in [1.29, 1.82) is 0 Å². The Morgan fingerprint density at radius 1 is 1.21 bits per heavy atom. The number of rotatable bonds is 4. The molecule has 2 heterocycles. The van der Waals surface area contributed by atoms with Gasteiger partial charge < -0.3 is 14.6 Å². The molecule has 0 saturated heterocycles. The van der Waals surface area contributed by atoms with E-state index in [4.69, 9.17) is 9.26 Å². The Hall–Kier alpha value is -2.90. The summed E-state index contributed by atoms with van der Waals surface area (Å²) in [6.07, 6.45) is -0.651. The summed E-state index contributed by atoms with van der Waals surface area (Å²) in [6, 6.07) is 7.16. The lowest BCUT2D eigenvalue weighted by Crippen LogP contribution is -2.51. The van der Waals surface area contributed by atoms with Gasteiger partial charge in [0.25, 0.3) is 5.91 Å². The van der Waals surface area contributed by atoms with Gasteiger partial charge in [0.05, 0.1) is 11.2 Å². The fraction of sp³-hybridized carbons (Fsp3) is 0.500. The minimum Gasteiger partial charge on any atom is -0.479 e. The van der Waals surface area contributed by atoms with Crippen molar-refractivity contribution in [2.45, 2.75) is 58.6 Å². The predicted molar refractivity (Wildman–Crippen MR) is 103 cm³/mol. The van der Waals surface area contributed by atoms with Crippen LogP contribution in [0.15, 0.2) is 28.8 Å². The van der Waals surface area contributed by atoms with Crippen LogP contribution in [-0.4, -0.2) is 34.6 Å². The van der Waals surface area contributed by atoms with E-state index in [9.17, 15) is 9.59 Å². The van der Waals surface area contributed by atoms with Crippen LogP contribution >= 0.6 is 0 Å². The summed E-state index contributed by atoms with van der Waals surface area (Å²) in [5, 5.41) is 6.91. The van der Waals surface area contributed by atoms with E-state index in [0.717, 1.165) is 0 Å². The molecule has 150 valence electrons. The number of carbonyl (C=O) groups excluding carboxylic acids is 2. The third kappa shape index (κ3) is 3.85. The van der Waals surface area contributed by atoms with E-state index in [-0.39, 0.29) is 23.8 Å². The number of benzene rings is 1. The molecule has 8 heteroatoms. The zero-order valence-corrected chi connectivity index (χ0v) is 17.1. The van der Waals surface area contributed by atoms with Gasteiger partial charge in [-0.2, -0.15) is 4.98 Å². The van der Waals surface area contributed by atoms with Crippen molar-refractivity contribution in [3.8, 4) is 5.75 Å². The molecular weight excluding hydrogens is 360 g/mol. The number of aromatic nitrogens is 2. The van der Waals surface area contributed by atoms with Crippen LogP contribution in [-0.2, 0) is 20.5 Å². The van der Waals surface area contributed by atoms with Gasteiger partial charge in [-0.1, -0.05) is 38.1 Å². The van der Waals surface area contributed by atoms with E-state index < -0.39 is 11.6 Å². The molecule has 0 fully saturated rings. The summed E-state index contributed by atoms with van der Waals surface area (Å²) in [6.45, 7) is 11.0. The lowest BCUT2D eigenvalue weighted by atomic mass is 9.97. The van der Waals surface area contributed by atoms with Gasteiger partial charge in [0, 0.05) is 5.41 Å². The van der Waals surface area contributed by atoms with Crippen LogP contribution in [0.5, 0.6) is 5.75 Å². The Morgan fingerprint density at radius 3 is 2.54 bits per heavy atom. The average molecular weight is 386 g/mol. The second-order valence-corrected chi connectivity index (χ2v) is 8.50. The maximum absolute atomic E-state index is 12.7. The first-order valence-electron chi connectivity index (χ1n) is 9.22. The fourth-order valence-corrected chi connectivity index (χ4v) is 2.89. The number of fused-ring (bicyclic) bond motifs is 1. The summed E-state index contributed by atoms with van der Waals surface area (Å²) >= 11 is 0. The molecule has 0 saturated carbocycles. The van der Waals surface area contributed by atoms with Crippen molar-refractivity contribution in [3.05, 3.63) is 36.0 Å². The first-order chi connectivity index (χ1) is 13.0. The third-order valence-corrected chi connectivity index (χ3v) is 4.45. The van der Waals surface area contributed by atoms with Crippen molar-refractivity contribution >= 4 is 17.5 Å². The second-order valence-electron chi connectivity index (χ2n) is 8.50. The van der Waals surface area contributed by atoms with Crippen LogP contribution in [0.4, 0.5) is 5.69 Å². The molecular formula is C20H26N4O4. The van der Waals surface area contributed by atoms with E-state index in [1.807, 2.05) is 26.8 Å². The Balaban J connectivity index is 1.76. The highest BCUT2D eigenvalue weighted by atomic mass is 16.5. The summed E-state index contributed by atoms with van der Waals surface area (Å²) in [5.74, 6) is 0.865. The highest BCUT2D eigenvalue weighted by molar-refractivity contribution is 6.03. The number of carbonyl (C=O) groups is 2. The van der Waals surface area contributed by atoms with Gasteiger partial charge >= 0.3 is 0 Å². The molecule has 2 aromatic rings. The average Bonchev–Trinajstić information content (AvgIpc) is 3.10. The number of ether oxygens (including phenoxy) is 1. The predicted octanol–water partition coefficient (Wildman–Crippen LogP) is 2.53. The van der Waals surface area contributed by atoms with Crippen molar-refractivity contribution in [3.63, 3.8) is 0 Å². The highest BCUT2D eigenvalue weighted by Gasteiger charge is 2.35. The number of nitrogens with one attached hydrogen (secondary N) is 1. The minimum absolute atomic E-state index is 0.128. The van der Waals surface area contributed by atoms with Gasteiger partial charge in [0.2, 0.25) is 11.8 Å². The van der Waals surface area contributed by atoms with Gasteiger partial charge in [-0.15, -0.1) is 0 Å². The fourth-order valence-electron chi connectivity index (χ4n) is 2.89. The molecule has 0 bridgehead atoms. The number of nitrogens with zero attached hydrogens (tertiary/aromatic N) is 3. The molecule has 1 aliphatic heterocycles. The quantitative estimate of drug-likeness (QED) is 0.867. The van der Waals surface area contributed by atoms with Gasteiger partial charge in [0.1, 0.15) is 12.3 Å². The van der Waals surface area contributed by atoms with Gasteiger partial charge in [-0.25, -0.2) is 0 Å². The smallest absolute Gasteiger partial charge is 0.268 e. The number of hydrogen-bond acceptors (Lipinski definition) is 6. The number of para-hydroxylation sites is 2. The Bertz CT molecular complexity index is 898. The van der Waals surface area contributed by atoms with E-state index in [1.54, 1.807) is 39.0 Å². The number of amides is 2. The SMILES string of the molecule is C[C@@H]1Oc2ccccc2N(CC(=O)NC(C)(C)c2noc(C(C)(C)C)n2)C1=O. The van der Waals surface area contributed by atoms with Crippen LogP contribution in [0.2, 0.25) is 0 Å². The summed E-state index contributed by atoms with van der Waals surface area (Å²) in [4.78, 5) is 31.1. The monoisotopic (exact) mass is 386 g/mol. The molecule has 0 aliphatic carbocycles. The lowest BCUT2D eigenvalue weighted by molar-refractivity contribution is -0.128. The molecule has 28 heavy (non-hydrogen) atoms. The number of anilines is 1. The largest absolute Gasteiger partial charge is 0.479 e. The van der Waals surface area contributed by atoms with Crippen LogP contribution in [0.1, 0.15) is 53.3 Å². The van der Waals surface area contributed by atoms with Crippen molar-refractivity contribution in [1.82, 2.24) is 15.5 Å². The third-order valence-electron chi connectivity index (χ3n) is 4.45. The van der Waals surface area contributed by atoms with Crippen molar-refractivity contribution < 1.29 is 18.8 Å². The molecule has 2 amide bonds. The minimum atomic E-state index is -0.857. The first-order valence-corrected chi connectivity index (χ1v) is 9.22. The molecule has 0 radical (unpaired) electrons. The molecule has 1 aromatic carbocycles. The summed E-state index contributed by atoms with van der Waals surface area (Å²) in [5.41, 5.74) is -0.566. The maximum Gasteiger partial charge on any atom is 0.268 e. The Kier molecular flexibility index (Phi) is 4.91. The summed E-state index contributed by atoms with van der Waals surface area (Å²) in [7, 11) is 0. The molecule has 1 aliphatic rings. The topological polar surface area (TPSA) is 97.6 Å². The van der Waals surface area contributed by atoms with Crippen LogP contribution in [0.3, 0.4) is 0 Å². The molecule has 1 N–H and O–H groups in total. The second kappa shape index (κ2) is 6.92. The van der Waals surface area contributed by atoms with Gasteiger partial charge in [-0.3, -0.25) is 14.5 Å². The molecule has 1 aromatic heterocycles. The normalized spacial score (nSPS) is 17.1. The first kappa shape index (κ1) is 19.9. The summed E-state index contributed by atoms with van der Waals surface area (Å²) < 4.78 is 10.9. The molecule has 0 spiro atoms. The van der Waals surface area contributed by atoms with Gasteiger partial charge in [0.15, 0.2) is 11.9 Å². The van der Waals surface area contributed by atoms with Crippen molar-refractivity contribution in [2.75, 3.05) is 11.4 Å². The zero-order valence-electron chi connectivity index (χ0n) is 17.1. The van der Waals surface area contributed by atoms with Crippen LogP contribution < -0.4 is 15.0 Å². The maximum atomic E-state index is 12.7. The Morgan fingerprint density at radius 2 is 1.89 bits per heavy atom. The molecule has 0 unspecified atom stereocenters. The van der Waals surface area contributed by atoms with Crippen LogP contribution in [0.25, 0.3) is 0 Å². The standard InChI is InChI=1S/C20H26N4O4/c1-12-16(26)24(13-9-7-8-10-14(13)27-12)11-15(25)22-20(5,6)17-21-18(28-23-17)19(2,3)4/h7-10,12H,11H2,1-6H3,(H,22,25)/t12-/m0/s1. The number of hydrogen-bond donors (Lipinski definition) is 1. The highest BCUT2D eigenvalue weighted by Crippen LogP contribution is 2.33. The van der Waals surface area contributed by atoms with E-state index in [2.05, 4.69) is 15.5 Å². The molecule has 1 atom stereocenters. The lowest BCUT2D eigenvalue weighted by Gasteiger charge is -2.33. The van der Waals surface area contributed by atoms with Crippen molar-refractivity contribution in [2.24, 2.45) is 0 Å². The van der Waals surface area contributed by atoms with Crippen LogP contribution in [0, 0.1) is 0 Å².